The van der Waals surface area contributed by atoms with Crippen LogP contribution in [0, 0.1) is 11.3 Å². The number of sulfonamides is 1. The van der Waals surface area contributed by atoms with Crippen LogP contribution in [0.15, 0.2) is 4.99 Å². The van der Waals surface area contributed by atoms with Crippen molar-refractivity contribution in [3.05, 3.63) is 0 Å². The number of nitrogens with one attached hydrogen (secondary N) is 2. The zero-order valence-corrected chi connectivity index (χ0v) is 17.3. The molecule has 1 saturated carbocycles. The van der Waals surface area contributed by atoms with Gasteiger partial charge in [-0.05, 0) is 25.7 Å². The minimum atomic E-state index is -3.08. The highest BCUT2D eigenvalue weighted by Gasteiger charge is 2.59. The van der Waals surface area contributed by atoms with Gasteiger partial charge in [-0.15, -0.1) is 0 Å². The summed E-state index contributed by atoms with van der Waals surface area (Å²) in [5.41, 5.74) is 0.108. The summed E-state index contributed by atoms with van der Waals surface area (Å²) < 4.78 is 31.9. The lowest BCUT2D eigenvalue weighted by atomic mass is 9.57. The number of hydrogen-bond acceptors (Lipinski definition) is 4. The van der Waals surface area contributed by atoms with E-state index in [0.29, 0.717) is 37.6 Å². The average molecular weight is 387 g/mol. The number of nitrogens with zero attached hydrogens (tertiary/aromatic N) is 2. The number of hydrogen-bond donors (Lipinski definition) is 2. The SMILES string of the molecule is CCCS(=O)(=O)N1CCC(NC(=NC)NC2C3CCOC3C2(C)C)CC1. The Morgan fingerprint density at radius 2 is 1.92 bits per heavy atom. The smallest absolute Gasteiger partial charge is 0.214 e. The molecule has 0 radical (unpaired) electrons. The van der Waals surface area contributed by atoms with Gasteiger partial charge < -0.3 is 15.4 Å². The summed E-state index contributed by atoms with van der Waals surface area (Å²) in [7, 11) is -1.29. The van der Waals surface area contributed by atoms with Crippen LogP contribution in [-0.4, -0.2) is 69.4 Å². The van der Waals surface area contributed by atoms with E-state index in [1.54, 1.807) is 11.4 Å². The van der Waals surface area contributed by atoms with Gasteiger partial charge in [-0.25, -0.2) is 12.7 Å². The van der Waals surface area contributed by atoms with Crippen molar-refractivity contribution in [3.8, 4) is 0 Å². The third-order valence-corrected chi connectivity index (χ3v) is 8.34. The van der Waals surface area contributed by atoms with Crippen LogP contribution in [0.2, 0.25) is 0 Å². The van der Waals surface area contributed by atoms with Gasteiger partial charge in [-0.1, -0.05) is 20.8 Å². The summed E-state index contributed by atoms with van der Waals surface area (Å²) in [6.45, 7) is 8.44. The second-order valence-corrected chi connectivity index (χ2v) is 10.5. The molecule has 0 amide bonds. The number of rotatable bonds is 5. The van der Waals surface area contributed by atoms with Crippen LogP contribution in [0.5, 0.6) is 0 Å². The molecule has 0 bridgehead atoms. The number of ether oxygens (including phenoxy) is 1. The first-order valence-electron chi connectivity index (χ1n) is 9.89. The second kappa shape index (κ2) is 7.64. The van der Waals surface area contributed by atoms with Gasteiger partial charge in [0.25, 0.3) is 0 Å². The monoisotopic (exact) mass is 386 g/mol. The molecular formula is C18H34N4O3S. The Balaban J connectivity index is 1.51. The third-order valence-electron chi connectivity index (χ3n) is 6.27. The third kappa shape index (κ3) is 3.73. The highest BCUT2D eigenvalue weighted by atomic mass is 32.2. The maximum Gasteiger partial charge on any atom is 0.214 e. The van der Waals surface area contributed by atoms with Crippen molar-refractivity contribution in [3.63, 3.8) is 0 Å². The van der Waals surface area contributed by atoms with Crippen molar-refractivity contribution >= 4 is 16.0 Å². The van der Waals surface area contributed by atoms with E-state index in [0.717, 1.165) is 31.8 Å². The number of aliphatic imine (C=N–C) groups is 1. The first kappa shape index (κ1) is 19.9. The van der Waals surface area contributed by atoms with Crippen LogP contribution in [-0.2, 0) is 14.8 Å². The Morgan fingerprint density at radius 3 is 2.54 bits per heavy atom. The molecule has 2 heterocycles. The molecule has 1 aliphatic carbocycles. The average Bonchev–Trinajstić information content (AvgIpc) is 3.06. The highest BCUT2D eigenvalue weighted by Crippen LogP contribution is 2.52. The topological polar surface area (TPSA) is 83.0 Å². The minimum Gasteiger partial charge on any atom is -0.377 e. The van der Waals surface area contributed by atoms with Gasteiger partial charge in [0.15, 0.2) is 5.96 Å². The first-order valence-corrected chi connectivity index (χ1v) is 11.5. The van der Waals surface area contributed by atoms with Crippen LogP contribution in [0.4, 0.5) is 0 Å². The van der Waals surface area contributed by atoms with E-state index in [1.807, 2.05) is 6.92 Å². The van der Waals surface area contributed by atoms with E-state index in [1.165, 1.54) is 0 Å². The van der Waals surface area contributed by atoms with Crippen molar-refractivity contribution in [2.75, 3.05) is 32.5 Å². The van der Waals surface area contributed by atoms with Crippen LogP contribution in [0.3, 0.4) is 0 Å². The Hall–Kier alpha value is -0.860. The van der Waals surface area contributed by atoms with Crippen LogP contribution in [0.25, 0.3) is 0 Å². The van der Waals surface area contributed by atoms with Gasteiger partial charge in [-0.3, -0.25) is 4.99 Å². The Bertz CT molecular complexity index is 626. The van der Waals surface area contributed by atoms with Crippen molar-refractivity contribution in [2.24, 2.45) is 16.3 Å². The molecule has 8 heteroatoms. The van der Waals surface area contributed by atoms with Gasteiger partial charge in [0, 0.05) is 50.2 Å². The summed E-state index contributed by atoms with van der Waals surface area (Å²) in [6.07, 6.45) is 3.75. The van der Waals surface area contributed by atoms with Gasteiger partial charge in [0.2, 0.25) is 10.0 Å². The molecule has 3 rings (SSSR count). The van der Waals surface area contributed by atoms with E-state index in [4.69, 9.17) is 4.74 Å². The maximum atomic E-state index is 12.2. The van der Waals surface area contributed by atoms with E-state index in [2.05, 4.69) is 29.5 Å². The van der Waals surface area contributed by atoms with Crippen LogP contribution >= 0.6 is 0 Å². The van der Waals surface area contributed by atoms with Gasteiger partial charge in [0.1, 0.15) is 0 Å². The van der Waals surface area contributed by atoms with Crippen LogP contribution in [0.1, 0.15) is 46.5 Å². The van der Waals surface area contributed by atoms with Crippen molar-refractivity contribution < 1.29 is 13.2 Å². The highest BCUT2D eigenvalue weighted by molar-refractivity contribution is 7.89. The van der Waals surface area contributed by atoms with E-state index in [-0.39, 0.29) is 17.2 Å². The fraction of sp³-hybridized carbons (Fsp3) is 0.944. The van der Waals surface area contributed by atoms with Crippen molar-refractivity contribution in [1.82, 2.24) is 14.9 Å². The van der Waals surface area contributed by atoms with E-state index >= 15 is 0 Å². The fourth-order valence-corrected chi connectivity index (χ4v) is 6.34. The van der Waals surface area contributed by atoms with E-state index < -0.39 is 10.0 Å². The summed E-state index contributed by atoms with van der Waals surface area (Å²) in [4.78, 5) is 4.40. The molecule has 0 aromatic heterocycles. The van der Waals surface area contributed by atoms with Crippen molar-refractivity contribution in [2.45, 2.75) is 64.6 Å². The molecule has 0 aromatic carbocycles. The number of fused-ring (bicyclic) bond motifs is 1. The predicted octanol–water partition coefficient (Wildman–Crippen LogP) is 1.17. The maximum absolute atomic E-state index is 12.2. The lowest BCUT2D eigenvalue weighted by Crippen LogP contribution is -2.68. The second-order valence-electron chi connectivity index (χ2n) is 8.39. The lowest BCUT2D eigenvalue weighted by molar-refractivity contribution is -0.106. The molecule has 3 atom stereocenters. The molecule has 3 aliphatic rings. The molecule has 150 valence electrons. The molecule has 7 nitrogen and oxygen atoms in total. The first-order chi connectivity index (χ1) is 12.3. The van der Waals surface area contributed by atoms with Gasteiger partial charge >= 0.3 is 0 Å². The molecule has 3 fully saturated rings. The molecule has 2 N–H and O–H groups in total. The lowest BCUT2D eigenvalue weighted by Gasteiger charge is -2.55. The van der Waals surface area contributed by atoms with Crippen molar-refractivity contribution in [1.29, 1.82) is 0 Å². The molecule has 26 heavy (non-hydrogen) atoms. The summed E-state index contributed by atoms with van der Waals surface area (Å²) in [5, 5.41) is 7.10. The largest absolute Gasteiger partial charge is 0.377 e. The Labute approximate surface area is 158 Å². The predicted molar refractivity (Wildman–Crippen MR) is 104 cm³/mol. The van der Waals surface area contributed by atoms with Gasteiger partial charge in [-0.2, -0.15) is 0 Å². The Morgan fingerprint density at radius 1 is 1.23 bits per heavy atom. The summed E-state index contributed by atoms with van der Waals surface area (Å²) in [6, 6.07) is 0.624. The quantitative estimate of drug-likeness (QED) is 0.547. The van der Waals surface area contributed by atoms with E-state index in [9.17, 15) is 8.42 Å². The minimum absolute atomic E-state index is 0.108. The number of piperidine rings is 1. The fourth-order valence-electron chi connectivity index (χ4n) is 4.79. The molecule has 0 spiro atoms. The van der Waals surface area contributed by atoms with Gasteiger partial charge in [0.05, 0.1) is 11.9 Å². The molecule has 3 unspecified atom stereocenters. The molecule has 2 saturated heterocycles. The molecule has 0 aromatic rings. The normalized spacial score (nSPS) is 32.8. The zero-order chi connectivity index (χ0) is 18.9. The van der Waals surface area contributed by atoms with Crippen LogP contribution < -0.4 is 10.6 Å². The summed E-state index contributed by atoms with van der Waals surface area (Å²) in [5.74, 6) is 1.63. The number of guanidine groups is 1. The molecule has 2 aliphatic heterocycles. The Kier molecular flexibility index (Phi) is 5.84. The molecular weight excluding hydrogens is 352 g/mol. The summed E-state index contributed by atoms with van der Waals surface area (Å²) >= 11 is 0. The standard InChI is InChI=1S/C18H34N4O3S/c1-5-12-26(23,24)22-9-6-13(7-10-22)20-17(19-4)21-15-14-8-11-25-16(14)18(15,2)3/h13-16H,5-12H2,1-4H3,(H2,19,20,21). The zero-order valence-electron chi connectivity index (χ0n) is 16.5.